The second-order valence-corrected chi connectivity index (χ2v) is 5.27. The van der Waals surface area contributed by atoms with Crippen molar-refractivity contribution in [3.8, 4) is 0 Å². The van der Waals surface area contributed by atoms with E-state index in [9.17, 15) is 9.59 Å². The number of ketones is 1. The molecule has 0 spiro atoms. The predicted molar refractivity (Wildman–Crippen MR) is 75.5 cm³/mol. The number of aldehydes is 1. The monoisotopic (exact) mass is 309 g/mol. The smallest absolute Gasteiger partial charge is 0.204 e. The van der Waals surface area contributed by atoms with E-state index in [0.717, 1.165) is 36.0 Å². The van der Waals surface area contributed by atoms with Crippen LogP contribution in [0.4, 0.5) is 5.69 Å². The van der Waals surface area contributed by atoms with Crippen LogP contribution in [0.3, 0.4) is 0 Å². The van der Waals surface area contributed by atoms with Crippen molar-refractivity contribution in [3.05, 3.63) is 29.8 Å². The zero-order valence-corrected chi connectivity index (χ0v) is 11.7. The first-order chi connectivity index (χ1) is 8.77. The molecule has 1 atom stereocenters. The Morgan fingerprint density at radius 3 is 2.89 bits per heavy atom. The van der Waals surface area contributed by atoms with Crippen LogP contribution < -0.4 is 4.90 Å². The molecule has 0 saturated heterocycles. The fourth-order valence-electron chi connectivity index (χ4n) is 2.42. The van der Waals surface area contributed by atoms with Gasteiger partial charge in [-0.15, -0.1) is 0 Å². The number of carbonyl (C=O) groups is 2. The highest BCUT2D eigenvalue weighted by molar-refractivity contribution is 9.09. The Balaban J connectivity index is 2.16. The van der Waals surface area contributed by atoms with Crippen molar-refractivity contribution < 1.29 is 9.59 Å². The highest BCUT2D eigenvalue weighted by Gasteiger charge is 2.32. The van der Waals surface area contributed by atoms with Crippen LogP contribution in [0.5, 0.6) is 0 Å². The third-order valence-electron chi connectivity index (χ3n) is 3.33. The van der Waals surface area contributed by atoms with E-state index in [2.05, 4.69) is 20.8 Å². The summed E-state index contributed by atoms with van der Waals surface area (Å²) in [6.45, 7) is 1.57. The Hall–Kier alpha value is -1.16. The van der Waals surface area contributed by atoms with Crippen LogP contribution >= 0.6 is 15.9 Å². The number of anilines is 1. The van der Waals surface area contributed by atoms with E-state index in [4.69, 9.17) is 0 Å². The molecule has 0 bridgehead atoms. The van der Waals surface area contributed by atoms with Gasteiger partial charge in [0.25, 0.3) is 0 Å². The summed E-state index contributed by atoms with van der Waals surface area (Å²) in [6.07, 6.45) is 2.65. The zero-order chi connectivity index (χ0) is 13.0. The summed E-state index contributed by atoms with van der Waals surface area (Å²) in [5.41, 5.74) is 2.10. The lowest BCUT2D eigenvalue weighted by molar-refractivity contribution is -0.130. The van der Waals surface area contributed by atoms with Gasteiger partial charge in [0.15, 0.2) is 6.29 Å². The van der Waals surface area contributed by atoms with Crippen LogP contribution in [0.25, 0.3) is 0 Å². The number of alkyl halides is 1. The van der Waals surface area contributed by atoms with Gasteiger partial charge in [0.2, 0.25) is 5.78 Å². The van der Waals surface area contributed by atoms with Crippen molar-refractivity contribution in [2.45, 2.75) is 18.8 Å². The normalized spacial score (nSPS) is 17.6. The van der Waals surface area contributed by atoms with Gasteiger partial charge in [-0.1, -0.05) is 34.1 Å². The molecule has 1 heterocycles. The summed E-state index contributed by atoms with van der Waals surface area (Å²) in [7, 11) is 0. The number of nitrogens with zero attached hydrogens (tertiary/aromatic N) is 1. The molecule has 0 aromatic heterocycles. The van der Waals surface area contributed by atoms with Crippen LogP contribution in [0.2, 0.25) is 0 Å². The molecule has 0 radical (unpaired) electrons. The number of fused-ring (bicyclic) bond motifs is 1. The summed E-state index contributed by atoms with van der Waals surface area (Å²) < 4.78 is 0. The van der Waals surface area contributed by atoms with Crippen LogP contribution in [0.15, 0.2) is 24.3 Å². The second kappa shape index (κ2) is 6.14. The van der Waals surface area contributed by atoms with E-state index in [-0.39, 0.29) is 11.7 Å². The zero-order valence-electron chi connectivity index (χ0n) is 10.1. The first kappa shape index (κ1) is 13.3. The SMILES string of the molecule is O=CC(=O)C1CN(CCCCBr)c2ccccc21. The Morgan fingerprint density at radius 2 is 2.17 bits per heavy atom. The van der Waals surface area contributed by atoms with E-state index < -0.39 is 0 Å². The minimum Gasteiger partial charge on any atom is -0.370 e. The fraction of sp³-hybridized carbons (Fsp3) is 0.429. The third-order valence-corrected chi connectivity index (χ3v) is 3.89. The third kappa shape index (κ3) is 2.64. The van der Waals surface area contributed by atoms with Gasteiger partial charge < -0.3 is 4.90 Å². The molecule has 0 amide bonds. The Morgan fingerprint density at radius 1 is 1.39 bits per heavy atom. The lowest BCUT2D eigenvalue weighted by Crippen LogP contribution is -2.26. The van der Waals surface area contributed by atoms with E-state index in [1.807, 2.05) is 24.3 Å². The Kier molecular flexibility index (Phi) is 4.53. The topological polar surface area (TPSA) is 37.4 Å². The van der Waals surface area contributed by atoms with E-state index in [0.29, 0.717) is 12.8 Å². The number of hydrogen-bond acceptors (Lipinski definition) is 3. The Labute approximate surface area is 115 Å². The van der Waals surface area contributed by atoms with Gasteiger partial charge in [-0.25, -0.2) is 0 Å². The van der Waals surface area contributed by atoms with Crippen molar-refractivity contribution in [3.63, 3.8) is 0 Å². The average molecular weight is 310 g/mol. The summed E-state index contributed by atoms with van der Waals surface area (Å²) >= 11 is 3.42. The van der Waals surface area contributed by atoms with Crippen LogP contribution in [-0.4, -0.2) is 30.5 Å². The average Bonchev–Trinajstić information content (AvgIpc) is 2.78. The number of hydrogen-bond donors (Lipinski definition) is 0. The molecule has 2 rings (SSSR count). The van der Waals surface area contributed by atoms with Gasteiger partial charge in [-0.3, -0.25) is 9.59 Å². The number of unbranched alkanes of at least 4 members (excludes halogenated alkanes) is 1. The number of Topliss-reactive ketones (excluding diaryl/α,β-unsaturated/α-hetero) is 1. The van der Waals surface area contributed by atoms with Crippen molar-refractivity contribution in [2.24, 2.45) is 0 Å². The molecular formula is C14H16BrNO2. The minimum atomic E-state index is -0.314. The standard InChI is InChI=1S/C14H16BrNO2/c15-7-3-4-8-16-9-12(14(18)10-17)11-5-1-2-6-13(11)16/h1-2,5-6,10,12H,3-4,7-9H2. The van der Waals surface area contributed by atoms with Gasteiger partial charge in [-0.05, 0) is 24.5 Å². The molecule has 1 aliphatic heterocycles. The van der Waals surface area contributed by atoms with Crippen molar-refractivity contribution in [1.29, 1.82) is 0 Å². The van der Waals surface area contributed by atoms with Crippen LogP contribution in [0.1, 0.15) is 24.3 Å². The first-order valence-corrected chi connectivity index (χ1v) is 7.29. The maximum atomic E-state index is 11.7. The van der Waals surface area contributed by atoms with Gasteiger partial charge in [0, 0.05) is 24.1 Å². The van der Waals surface area contributed by atoms with E-state index in [1.165, 1.54) is 0 Å². The number of rotatable bonds is 6. The van der Waals surface area contributed by atoms with Crippen molar-refractivity contribution >= 4 is 33.7 Å². The molecule has 18 heavy (non-hydrogen) atoms. The summed E-state index contributed by atoms with van der Waals surface area (Å²) in [4.78, 5) is 24.6. The molecule has 1 aliphatic rings. The predicted octanol–water partition coefficient (Wildman–Crippen LogP) is 2.53. The molecule has 0 saturated carbocycles. The maximum Gasteiger partial charge on any atom is 0.204 e. The van der Waals surface area contributed by atoms with Crippen molar-refractivity contribution in [1.82, 2.24) is 0 Å². The van der Waals surface area contributed by atoms with Gasteiger partial charge in [-0.2, -0.15) is 0 Å². The fourth-order valence-corrected chi connectivity index (χ4v) is 2.82. The highest BCUT2D eigenvalue weighted by Crippen LogP contribution is 2.36. The molecule has 0 N–H and O–H groups in total. The van der Waals surface area contributed by atoms with E-state index in [1.54, 1.807) is 0 Å². The quantitative estimate of drug-likeness (QED) is 0.351. The molecule has 1 aromatic rings. The molecule has 1 unspecified atom stereocenters. The lowest BCUT2D eigenvalue weighted by atomic mass is 9.98. The number of benzene rings is 1. The van der Waals surface area contributed by atoms with E-state index >= 15 is 0 Å². The Bertz CT molecular complexity index is 447. The number of halogens is 1. The molecule has 96 valence electrons. The molecular weight excluding hydrogens is 294 g/mol. The highest BCUT2D eigenvalue weighted by atomic mass is 79.9. The molecule has 1 aromatic carbocycles. The minimum absolute atomic E-state index is 0.275. The number of para-hydroxylation sites is 1. The van der Waals surface area contributed by atoms with Crippen LogP contribution in [0, 0.1) is 0 Å². The molecule has 0 fully saturated rings. The molecule has 4 heteroatoms. The summed E-state index contributed by atoms with van der Waals surface area (Å²) in [5, 5.41) is 0.999. The van der Waals surface area contributed by atoms with Crippen LogP contribution in [-0.2, 0) is 9.59 Å². The largest absolute Gasteiger partial charge is 0.370 e. The van der Waals surface area contributed by atoms with Crippen molar-refractivity contribution in [2.75, 3.05) is 23.3 Å². The van der Waals surface area contributed by atoms with Gasteiger partial charge in [0.05, 0.1) is 5.92 Å². The number of carbonyl (C=O) groups excluding carboxylic acids is 2. The first-order valence-electron chi connectivity index (χ1n) is 6.16. The maximum absolute atomic E-state index is 11.7. The summed E-state index contributed by atoms with van der Waals surface area (Å²) in [6, 6.07) is 7.88. The van der Waals surface area contributed by atoms with Gasteiger partial charge in [0.1, 0.15) is 0 Å². The summed E-state index contributed by atoms with van der Waals surface area (Å²) in [5.74, 6) is -0.590. The lowest BCUT2D eigenvalue weighted by Gasteiger charge is -2.19. The molecule has 3 nitrogen and oxygen atoms in total. The molecule has 0 aliphatic carbocycles. The van der Waals surface area contributed by atoms with Gasteiger partial charge >= 0.3 is 0 Å². The second-order valence-electron chi connectivity index (χ2n) is 4.47.